The molecular formula is C16H22F2N2O4S. The topological polar surface area (TPSA) is 84.5 Å². The van der Waals surface area contributed by atoms with Gasteiger partial charge in [0.05, 0.1) is 6.04 Å². The van der Waals surface area contributed by atoms with Crippen molar-refractivity contribution < 1.29 is 26.7 Å². The normalized spacial score (nSPS) is 18.6. The van der Waals surface area contributed by atoms with Crippen molar-refractivity contribution in [1.29, 1.82) is 0 Å². The number of rotatable bonds is 6. The van der Waals surface area contributed by atoms with Crippen LogP contribution in [0.2, 0.25) is 0 Å². The van der Waals surface area contributed by atoms with E-state index in [1.54, 1.807) is 19.1 Å². The first-order valence-electron chi connectivity index (χ1n) is 7.92. The zero-order valence-corrected chi connectivity index (χ0v) is 14.9. The minimum absolute atomic E-state index is 0.0169. The Balaban J connectivity index is 2.12. The summed E-state index contributed by atoms with van der Waals surface area (Å²) in [6.07, 6.45) is 1.51. The molecule has 0 spiro atoms. The number of halogens is 2. The van der Waals surface area contributed by atoms with Gasteiger partial charge in [-0.15, -0.1) is 0 Å². The van der Waals surface area contributed by atoms with E-state index in [0.717, 1.165) is 6.26 Å². The van der Waals surface area contributed by atoms with Crippen LogP contribution in [0.3, 0.4) is 0 Å². The highest BCUT2D eigenvalue weighted by atomic mass is 32.2. The Morgan fingerprint density at radius 3 is 2.28 bits per heavy atom. The van der Waals surface area contributed by atoms with Gasteiger partial charge in [-0.2, -0.15) is 8.78 Å². The molecule has 25 heavy (non-hydrogen) atoms. The van der Waals surface area contributed by atoms with Crippen LogP contribution in [-0.2, 0) is 14.6 Å². The second-order valence-corrected chi connectivity index (χ2v) is 8.48. The first-order chi connectivity index (χ1) is 11.7. The lowest BCUT2D eigenvalue weighted by Crippen LogP contribution is -2.57. The molecule has 1 heterocycles. The van der Waals surface area contributed by atoms with E-state index in [2.05, 4.69) is 15.4 Å². The van der Waals surface area contributed by atoms with E-state index in [4.69, 9.17) is 0 Å². The number of hydrogen-bond donors (Lipinski definition) is 2. The van der Waals surface area contributed by atoms with E-state index < -0.39 is 33.1 Å². The molecular weight excluding hydrogens is 354 g/mol. The summed E-state index contributed by atoms with van der Waals surface area (Å²) in [4.78, 5) is 12.7. The van der Waals surface area contributed by atoms with Crippen LogP contribution in [0.4, 0.5) is 8.78 Å². The summed E-state index contributed by atoms with van der Waals surface area (Å²) in [7, 11) is -3.59. The van der Waals surface area contributed by atoms with Gasteiger partial charge in [0.25, 0.3) is 0 Å². The number of piperidine rings is 1. The smallest absolute Gasteiger partial charge is 0.387 e. The van der Waals surface area contributed by atoms with Gasteiger partial charge in [0, 0.05) is 6.26 Å². The number of carbonyl (C=O) groups is 1. The number of carbonyl (C=O) groups excluding carboxylic acids is 1. The molecule has 0 saturated carbocycles. The van der Waals surface area contributed by atoms with Crippen molar-refractivity contribution >= 4 is 15.7 Å². The largest absolute Gasteiger partial charge is 0.435 e. The van der Waals surface area contributed by atoms with Gasteiger partial charge in [0.15, 0.2) is 14.6 Å². The molecule has 1 aromatic rings. The fraction of sp³-hybridized carbons (Fsp3) is 0.562. The Morgan fingerprint density at radius 2 is 1.80 bits per heavy atom. The first-order valence-corrected chi connectivity index (χ1v) is 9.81. The van der Waals surface area contributed by atoms with Crippen molar-refractivity contribution in [3.63, 3.8) is 0 Å². The number of sulfone groups is 1. The van der Waals surface area contributed by atoms with Crippen molar-refractivity contribution in [3.8, 4) is 5.75 Å². The molecule has 0 aromatic heterocycles. The van der Waals surface area contributed by atoms with Gasteiger partial charge in [-0.05, 0) is 50.6 Å². The molecule has 1 amide bonds. The summed E-state index contributed by atoms with van der Waals surface area (Å²) < 4.78 is 51.7. The zero-order valence-electron chi connectivity index (χ0n) is 14.1. The molecule has 2 N–H and O–H groups in total. The predicted molar refractivity (Wildman–Crippen MR) is 89.3 cm³/mol. The summed E-state index contributed by atoms with van der Waals surface area (Å²) in [6.45, 7) is -0.293. The monoisotopic (exact) mass is 376 g/mol. The highest BCUT2D eigenvalue weighted by Crippen LogP contribution is 2.29. The summed E-state index contributed by atoms with van der Waals surface area (Å²) in [5.41, 5.74) is 0.660. The van der Waals surface area contributed by atoms with Crippen LogP contribution >= 0.6 is 0 Å². The fourth-order valence-electron chi connectivity index (χ4n) is 2.95. The van der Waals surface area contributed by atoms with Crippen LogP contribution in [0.5, 0.6) is 5.75 Å². The summed E-state index contributed by atoms with van der Waals surface area (Å²) in [5.74, 6) is -0.514. The SMILES string of the molecule is CC(NC(=O)C1(S(C)(=O)=O)CCNCC1)c1ccc(OC(F)F)cc1. The van der Waals surface area contributed by atoms with Crippen LogP contribution in [0.25, 0.3) is 0 Å². The van der Waals surface area contributed by atoms with Gasteiger partial charge in [0.1, 0.15) is 5.75 Å². The molecule has 0 aliphatic carbocycles. The molecule has 1 unspecified atom stereocenters. The molecule has 1 aliphatic rings. The Bertz CT molecular complexity index is 701. The molecule has 1 saturated heterocycles. The third kappa shape index (κ3) is 4.46. The van der Waals surface area contributed by atoms with Crippen molar-refractivity contribution in [3.05, 3.63) is 29.8 Å². The second-order valence-electron chi connectivity index (χ2n) is 6.16. The van der Waals surface area contributed by atoms with E-state index in [-0.39, 0.29) is 18.6 Å². The van der Waals surface area contributed by atoms with Gasteiger partial charge in [-0.25, -0.2) is 8.42 Å². The standard InChI is InChI=1S/C16H22F2N2O4S/c1-11(12-3-5-13(6-4-12)24-15(17)18)20-14(21)16(25(2,22)23)7-9-19-10-8-16/h3-6,11,15,19H,7-10H2,1-2H3,(H,20,21). The minimum Gasteiger partial charge on any atom is -0.435 e. The average molecular weight is 376 g/mol. The van der Waals surface area contributed by atoms with Gasteiger partial charge in [-0.3, -0.25) is 4.79 Å². The average Bonchev–Trinajstić information content (AvgIpc) is 2.54. The highest BCUT2D eigenvalue weighted by molar-refractivity contribution is 7.92. The van der Waals surface area contributed by atoms with Crippen molar-refractivity contribution in [2.45, 2.75) is 37.2 Å². The van der Waals surface area contributed by atoms with E-state index in [9.17, 15) is 22.0 Å². The molecule has 0 bridgehead atoms. The van der Waals surface area contributed by atoms with Crippen LogP contribution in [0.1, 0.15) is 31.4 Å². The van der Waals surface area contributed by atoms with Gasteiger partial charge >= 0.3 is 6.61 Å². The molecule has 9 heteroatoms. The highest BCUT2D eigenvalue weighted by Gasteiger charge is 2.48. The van der Waals surface area contributed by atoms with Gasteiger partial charge in [0.2, 0.25) is 5.91 Å². The van der Waals surface area contributed by atoms with E-state index >= 15 is 0 Å². The van der Waals surface area contributed by atoms with Crippen LogP contribution in [0.15, 0.2) is 24.3 Å². The van der Waals surface area contributed by atoms with Gasteiger partial charge < -0.3 is 15.4 Å². The lowest BCUT2D eigenvalue weighted by Gasteiger charge is -2.35. The second kappa shape index (κ2) is 7.65. The minimum atomic E-state index is -3.59. The quantitative estimate of drug-likeness (QED) is 0.788. The molecule has 140 valence electrons. The molecule has 6 nitrogen and oxygen atoms in total. The maximum atomic E-state index is 12.7. The molecule has 1 aliphatic heterocycles. The molecule has 0 radical (unpaired) electrons. The maximum absolute atomic E-state index is 12.7. The predicted octanol–water partition coefficient (Wildman–Crippen LogP) is 1.63. The number of hydrogen-bond acceptors (Lipinski definition) is 5. The van der Waals surface area contributed by atoms with Crippen LogP contribution < -0.4 is 15.4 Å². The van der Waals surface area contributed by atoms with Crippen LogP contribution in [0, 0.1) is 0 Å². The van der Waals surface area contributed by atoms with Crippen molar-refractivity contribution in [2.75, 3.05) is 19.3 Å². The number of amides is 1. The third-order valence-corrected chi connectivity index (χ3v) is 6.50. The Hall–Kier alpha value is -1.74. The number of nitrogens with one attached hydrogen (secondary N) is 2. The fourth-order valence-corrected chi connectivity index (χ4v) is 4.29. The summed E-state index contributed by atoms with van der Waals surface area (Å²) >= 11 is 0. The van der Waals surface area contributed by atoms with E-state index in [0.29, 0.717) is 18.7 Å². The lowest BCUT2D eigenvalue weighted by molar-refractivity contribution is -0.125. The molecule has 1 atom stereocenters. The Labute approximate surface area is 145 Å². The van der Waals surface area contributed by atoms with Crippen LogP contribution in [-0.4, -0.2) is 45.0 Å². The Morgan fingerprint density at radius 1 is 1.24 bits per heavy atom. The summed E-state index contributed by atoms with van der Waals surface area (Å²) in [6, 6.07) is 5.39. The van der Waals surface area contributed by atoms with Crippen molar-refractivity contribution in [1.82, 2.24) is 10.6 Å². The van der Waals surface area contributed by atoms with Crippen molar-refractivity contribution in [2.24, 2.45) is 0 Å². The summed E-state index contributed by atoms with van der Waals surface area (Å²) in [5, 5.41) is 5.79. The zero-order chi connectivity index (χ0) is 18.7. The Kier molecular flexibility index (Phi) is 5.99. The van der Waals surface area contributed by atoms with E-state index in [1.165, 1.54) is 12.1 Å². The lowest BCUT2D eigenvalue weighted by atomic mass is 9.95. The molecule has 1 fully saturated rings. The van der Waals surface area contributed by atoms with E-state index in [1.807, 2.05) is 0 Å². The number of benzene rings is 1. The molecule has 2 rings (SSSR count). The third-order valence-electron chi connectivity index (χ3n) is 4.49. The maximum Gasteiger partial charge on any atom is 0.387 e. The number of ether oxygens (including phenoxy) is 1. The number of alkyl halides is 2. The van der Waals surface area contributed by atoms with Gasteiger partial charge in [-0.1, -0.05) is 12.1 Å². The molecule has 1 aromatic carbocycles. The first kappa shape index (κ1) is 19.6.